The van der Waals surface area contributed by atoms with E-state index in [1.807, 2.05) is 24.3 Å². The fraction of sp³-hybridized carbons (Fsp3) is 0.467. The molecule has 1 unspecified atom stereocenters. The predicted octanol–water partition coefficient (Wildman–Crippen LogP) is 1.78. The fourth-order valence-electron chi connectivity index (χ4n) is 2.75. The molecule has 0 bridgehead atoms. The maximum absolute atomic E-state index is 12.6. The summed E-state index contributed by atoms with van der Waals surface area (Å²) in [5.74, 6) is 0. The molecule has 1 saturated heterocycles. The lowest BCUT2D eigenvalue weighted by Gasteiger charge is -2.32. The zero-order valence-electron chi connectivity index (χ0n) is 12.0. The van der Waals surface area contributed by atoms with Gasteiger partial charge in [0.05, 0.1) is 30.2 Å². The number of hydrogen-bond donors (Lipinski definition) is 1. The molecule has 0 spiro atoms. The maximum Gasteiger partial charge on any atom is 0.262 e. The molecule has 0 aliphatic carbocycles. The summed E-state index contributed by atoms with van der Waals surface area (Å²) in [5.41, 5.74) is 0.732. The van der Waals surface area contributed by atoms with Gasteiger partial charge >= 0.3 is 0 Å². The highest BCUT2D eigenvalue weighted by Crippen LogP contribution is 2.09. The Morgan fingerprint density at radius 3 is 3.05 bits per heavy atom. The normalized spacial score (nSPS) is 20.0. The van der Waals surface area contributed by atoms with Gasteiger partial charge in [-0.05, 0) is 30.9 Å². The molecular formula is C15H19N3O2S. The molecule has 112 valence electrons. The first kappa shape index (κ1) is 14.4. The Balaban J connectivity index is 1.94. The van der Waals surface area contributed by atoms with Crippen LogP contribution in [0.2, 0.25) is 0 Å². The molecule has 0 saturated carbocycles. The summed E-state index contributed by atoms with van der Waals surface area (Å²) in [6, 6.07) is 7.44. The lowest BCUT2D eigenvalue weighted by Crippen LogP contribution is -2.45. The Morgan fingerprint density at radius 1 is 1.43 bits per heavy atom. The van der Waals surface area contributed by atoms with Gasteiger partial charge in [-0.25, -0.2) is 0 Å². The summed E-state index contributed by atoms with van der Waals surface area (Å²) < 4.78 is 7.84. The van der Waals surface area contributed by atoms with Gasteiger partial charge in [-0.3, -0.25) is 14.3 Å². The van der Waals surface area contributed by atoms with Crippen LogP contribution in [0.25, 0.3) is 10.9 Å². The van der Waals surface area contributed by atoms with Crippen molar-refractivity contribution in [1.82, 2.24) is 14.5 Å². The molecule has 21 heavy (non-hydrogen) atoms. The third kappa shape index (κ3) is 2.92. The molecule has 3 rings (SSSR count). The van der Waals surface area contributed by atoms with E-state index in [-0.39, 0.29) is 11.7 Å². The lowest BCUT2D eigenvalue weighted by atomic mass is 10.2. The first-order valence-electron chi connectivity index (χ1n) is 7.25. The number of rotatable bonds is 3. The van der Waals surface area contributed by atoms with E-state index in [0.717, 1.165) is 25.2 Å². The molecule has 1 aromatic heterocycles. The van der Waals surface area contributed by atoms with Crippen LogP contribution in [0.3, 0.4) is 0 Å². The molecule has 6 heteroatoms. The number of likely N-dealkylation sites (N-methyl/N-ethyl adjacent to an activating group) is 1. The molecule has 2 heterocycles. The third-order valence-corrected chi connectivity index (χ3v) is 4.27. The smallest absolute Gasteiger partial charge is 0.262 e. The van der Waals surface area contributed by atoms with Gasteiger partial charge in [0.1, 0.15) is 0 Å². The van der Waals surface area contributed by atoms with Crippen LogP contribution in [0.15, 0.2) is 29.1 Å². The van der Waals surface area contributed by atoms with Gasteiger partial charge in [0.15, 0.2) is 4.77 Å². The van der Waals surface area contributed by atoms with Crippen LogP contribution >= 0.6 is 12.2 Å². The van der Waals surface area contributed by atoms with Gasteiger partial charge in [-0.15, -0.1) is 0 Å². The first-order valence-corrected chi connectivity index (χ1v) is 7.65. The number of aromatic amines is 1. The van der Waals surface area contributed by atoms with Crippen molar-refractivity contribution in [3.8, 4) is 0 Å². The predicted molar refractivity (Wildman–Crippen MR) is 85.2 cm³/mol. The van der Waals surface area contributed by atoms with Crippen molar-refractivity contribution in [2.75, 3.05) is 26.2 Å². The number of benzene rings is 1. The number of H-pyrrole nitrogens is 1. The van der Waals surface area contributed by atoms with Crippen molar-refractivity contribution in [2.45, 2.75) is 19.6 Å². The number of aromatic nitrogens is 2. The molecule has 1 aliphatic rings. The van der Waals surface area contributed by atoms with E-state index in [2.05, 4.69) is 16.8 Å². The van der Waals surface area contributed by atoms with Crippen LogP contribution in [0.1, 0.15) is 6.92 Å². The standard InChI is InChI=1S/C15H19N3O2S/c1-2-17-7-8-20-11(9-17)10-18-14(19)12-5-3-4-6-13(12)16-15(18)21/h3-6,11H,2,7-10H2,1H3,(H,16,21). The van der Waals surface area contributed by atoms with E-state index in [4.69, 9.17) is 17.0 Å². The molecule has 1 N–H and O–H groups in total. The monoisotopic (exact) mass is 305 g/mol. The second kappa shape index (κ2) is 6.09. The van der Waals surface area contributed by atoms with Crippen molar-refractivity contribution in [3.63, 3.8) is 0 Å². The van der Waals surface area contributed by atoms with Crippen LogP contribution in [0.5, 0.6) is 0 Å². The zero-order chi connectivity index (χ0) is 14.8. The SMILES string of the molecule is CCN1CCOC(Cn2c(=S)[nH]c3ccccc3c2=O)C1. The fourth-order valence-corrected chi connectivity index (χ4v) is 3.01. The number of ether oxygens (including phenoxy) is 1. The van der Waals surface area contributed by atoms with Crippen molar-refractivity contribution >= 4 is 23.1 Å². The van der Waals surface area contributed by atoms with Crippen molar-refractivity contribution < 1.29 is 4.74 Å². The highest BCUT2D eigenvalue weighted by atomic mass is 32.1. The van der Waals surface area contributed by atoms with Crippen molar-refractivity contribution in [3.05, 3.63) is 39.4 Å². The Morgan fingerprint density at radius 2 is 2.24 bits per heavy atom. The van der Waals surface area contributed by atoms with Crippen molar-refractivity contribution in [2.24, 2.45) is 0 Å². The maximum atomic E-state index is 12.6. The first-order chi connectivity index (χ1) is 10.2. The molecule has 5 nitrogen and oxygen atoms in total. The molecule has 1 aromatic carbocycles. The largest absolute Gasteiger partial charge is 0.374 e. The molecule has 2 aromatic rings. The summed E-state index contributed by atoms with van der Waals surface area (Å²) in [6.45, 7) is 6.13. The zero-order valence-corrected chi connectivity index (χ0v) is 12.9. The topological polar surface area (TPSA) is 50.3 Å². The van der Waals surface area contributed by atoms with Crippen LogP contribution in [-0.2, 0) is 11.3 Å². The van der Waals surface area contributed by atoms with Crippen molar-refractivity contribution in [1.29, 1.82) is 0 Å². The van der Waals surface area contributed by atoms with E-state index >= 15 is 0 Å². The molecular weight excluding hydrogens is 286 g/mol. The Kier molecular flexibility index (Phi) is 4.19. The number of para-hydroxylation sites is 1. The Labute approximate surface area is 128 Å². The van der Waals surface area contributed by atoms with E-state index in [0.29, 0.717) is 23.3 Å². The lowest BCUT2D eigenvalue weighted by molar-refractivity contribution is -0.0349. The van der Waals surface area contributed by atoms with E-state index < -0.39 is 0 Å². The molecule has 0 amide bonds. The average Bonchev–Trinajstić information content (AvgIpc) is 2.51. The average molecular weight is 305 g/mol. The minimum atomic E-state index is -0.0495. The second-order valence-corrected chi connectivity index (χ2v) is 5.66. The number of morpholine rings is 1. The highest BCUT2D eigenvalue weighted by molar-refractivity contribution is 7.71. The van der Waals surface area contributed by atoms with E-state index in [1.165, 1.54) is 0 Å². The molecule has 0 radical (unpaired) electrons. The highest BCUT2D eigenvalue weighted by Gasteiger charge is 2.20. The third-order valence-electron chi connectivity index (χ3n) is 3.95. The number of fused-ring (bicyclic) bond motifs is 1. The van der Waals surface area contributed by atoms with E-state index in [9.17, 15) is 4.79 Å². The summed E-state index contributed by atoms with van der Waals surface area (Å²) in [5, 5.41) is 0.661. The minimum absolute atomic E-state index is 0.00709. The summed E-state index contributed by atoms with van der Waals surface area (Å²) in [4.78, 5) is 18.0. The molecule has 1 fully saturated rings. The molecule has 1 aliphatic heterocycles. The van der Waals surface area contributed by atoms with E-state index in [1.54, 1.807) is 4.57 Å². The number of nitrogens with one attached hydrogen (secondary N) is 1. The van der Waals surface area contributed by atoms with Crippen LogP contribution in [-0.4, -0.2) is 46.8 Å². The minimum Gasteiger partial charge on any atom is -0.374 e. The Hall–Kier alpha value is -1.50. The van der Waals surface area contributed by atoms with Crippen LogP contribution in [0.4, 0.5) is 0 Å². The van der Waals surface area contributed by atoms with Crippen LogP contribution in [0, 0.1) is 4.77 Å². The number of nitrogens with zero attached hydrogens (tertiary/aromatic N) is 2. The summed E-state index contributed by atoms with van der Waals surface area (Å²) in [6.07, 6.45) is 0.00709. The quantitative estimate of drug-likeness (QED) is 0.878. The Bertz CT molecular complexity index is 752. The molecule has 1 atom stereocenters. The van der Waals surface area contributed by atoms with Crippen LogP contribution < -0.4 is 5.56 Å². The second-order valence-electron chi connectivity index (χ2n) is 5.28. The van der Waals surface area contributed by atoms with Gasteiger partial charge in [0.25, 0.3) is 5.56 Å². The van der Waals surface area contributed by atoms with Gasteiger partial charge in [0.2, 0.25) is 0 Å². The summed E-state index contributed by atoms with van der Waals surface area (Å²) in [7, 11) is 0. The van der Waals surface area contributed by atoms with Gasteiger partial charge < -0.3 is 9.72 Å². The van der Waals surface area contributed by atoms with Gasteiger partial charge in [0, 0.05) is 13.1 Å². The number of hydrogen-bond acceptors (Lipinski definition) is 4. The summed E-state index contributed by atoms with van der Waals surface area (Å²) >= 11 is 5.33. The van der Waals surface area contributed by atoms with Gasteiger partial charge in [-0.2, -0.15) is 0 Å². The van der Waals surface area contributed by atoms with Gasteiger partial charge in [-0.1, -0.05) is 19.1 Å².